The van der Waals surface area contributed by atoms with Crippen molar-refractivity contribution in [2.45, 2.75) is 32.1 Å². The van der Waals surface area contributed by atoms with E-state index < -0.39 is 5.97 Å². The summed E-state index contributed by atoms with van der Waals surface area (Å²) in [6.45, 7) is 0.580. The molecule has 2 aromatic carbocycles. The zero-order valence-corrected chi connectivity index (χ0v) is 13.2. The second kappa shape index (κ2) is 8.83. The summed E-state index contributed by atoms with van der Waals surface area (Å²) < 4.78 is 5.67. The zero-order chi connectivity index (χ0) is 16.5. The van der Waals surface area contributed by atoms with Crippen LogP contribution in [0, 0.1) is 0 Å². The summed E-state index contributed by atoms with van der Waals surface area (Å²) in [6, 6.07) is 16.0. The number of carbonyl (C=O) groups is 1. The van der Waals surface area contributed by atoms with Crippen LogP contribution in [0.1, 0.15) is 36.8 Å². The minimum atomic E-state index is -0.743. The number of unbranched alkanes of at least 4 members (excludes halogenated alkanes) is 2. The molecule has 0 saturated heterocycles. The van der Waals surface area contributed by atoms with E-state index in [1.165, 1.54) is 5.56 Å². The van der Waals surface area contributed by atoms with Gasteiger partial charge in [-0.3, -0.25) is 4.79 Å². The first-order chi connectivity index (χ1) is 11.1. The molecule has 4 nitrogen and oxygen atoms in total. The Kier molecular flexibility index (Phi) is 6.48. The number of carboxylic acids is 1. The number of benzene rings is 2. The molecule has 3 N–H and O–H groups in total. The topological polar surface area (TPSA) is 72.5 Å². The predicted molar refractivity (Wildman–Crippen MR) is 91.7 cm³/mol. The molecule has 0 aromatic heterocycles. The molecule has 0 aliphatic carbocycles. The summed E-state index contributed by atoms with van der Waals surface area (Å²) in [7, 11) is 0. The lowest BCUT2D eigenvalue weighted by Gasteiger charge is -2.10. The molecule has 2 rings (SSSR count). The Balaban J connectivity index is 1.79. The van der Waals surface area contributed by atoms with Crippen LogP contribution in [0.4, 0.5) is 5.69 Å². The standard InChI is InChI=1S/C19H23NO3/c20-18-14-17(23-12-6-2-5-9-19(21)22)11-10-16(18)13-15-7-3-1-4-8-15/h1,3-4,7-8,10-11,14H,2,5-6,9,12-13,20H2,(H,21,22). The van der Waals surface area contributed by atoms with Crippen molar-refractivity contribution in [1.29, 1.82) is 0 Å². The molecule has 0 bridgehead atoms. The third kappa shape index (κ3) is 6.02. The van der Waals surface area contributed by atoms with E-state index in [2.05, 4.69) is 12.1 Å². The van der Waals surface area contributed by atoms with Gasteiger partial charge in [0, 0.05) is 18.2 Å². The Bertz CT molecular complexity index is 626. The minimum Gasteiger partial charge on any atom is -0.494 e. The zero-order valence-electron chi connectivity index (χ0n) is 13.2. The van der Waals surface area contributed by atoms with Crippen LogP contribution < -0.4 is 10.5 Å². The molecule has 0 fully saturated rings. The van der Waals surface area contributed by atoms with E-state index in [1.807, 2.05) is 36.4 Å². The molecule has 122 valence electrons. The van der Waals surface area contributed by atoms with E-state index in [9.17, 15) is 4.79 Å². The molecule has 0 radical (unpaired) electrons. The van der Waals surface area contributed by atoms with Gasteiger partial charge in [-0.2, -0.15) is 0 Å². The molecular formula is C19H23NO3. The molecule has 0 aliphatic rings. The van der Waals surface area contributed by atoms with Gasteiger partial charge in [-0.15, -0.1) is 0 Å². The van der Waals surface area contributed by atoms with Gasteiger partial charge in [0.15, 0.2) is 0 Å². The van der Waals surface area contributed by atoms with Crippen molar-refractivity contribution in [1.82, 2.24) is 0 Å². The van der Waals surface area contributed by atoms with E-state index in [1.54, 1.807) is 0 Å². The van der Waals surface area contributed by atoms with Crippen molar-refractivity contribution in [2.75, 3.05) is 12.3 Å². The lowest BCUT2D eigenvalue weighted by molar-refractivity contribution is -0.137. The van der Waals surface area contributed by atoms with Crippen LogP contribution in [-0.2, 0) is 11.2 Å². The number of hydrogen-bond donors (Lipinski definition) is 2. The smallest absolute Gasteiger partial charge is 0.303 e. The van der Waals surface area contributed by atoms with Crippen LogP contribution in [0.2, 0.25) is 0 Å². The normalized spacial score (nSPS) is 10.4. The van der Waals surface area contributed by atoms with E-state index in [0.29, 0.717) is 13.0 Å². The van der Waals surface area contributed by atoms with Crippen LogP contribution >= 0.6 is 0 Å². The van der Waals surface area contributed by atoms with Gasteiger partial charge in [-0.1, -0.05) is 36.4 Å². The summed E-state index contributed by atoms with van der Waals surface area (Å²) in [6.07, 6.45) is 3.42. The number of ether oxygens (including phenoxy) is 1. The Hall–Kier alpha value is -2.49. The van der Waals surface area contributed by atoms with Crippen LogP contribution in [-0.4, -0.2) is 17.7 Å². The highest BCUT2D eigenvalue weighted by Gasteiger charge is 2.03. The van der Waals surface area contributed by atoms with E-state index in [0.717, 1.165) is 36.3 Å². The maximum Gasteiger partial charge on any atom is 0.303 e. The van der Waals surface area contributed by atoms with Gasteiger partial charge in [-0.05, 0) is 42.9 Å². The van der Waals surface area contributed by atoms with Gasteiger partial charge in [0.1, 0.15) is 5.75 Å². The predicted octanol–water partition coefficient (Wildman–Crippen LogP) is 3.88. The van der Waals surface area contributed by atoms with Gasteiger partial charge in [0.25, 0.3) is 0 Å². The minimum absolute atomic E-state index is 0.223. The maximum absolute atomic E-state index is 10.4. The highest BCUT2D eigenvalue weighted by Crippen LogP contribution is 2.22. The molecule has 0 heterocycles. The molecule has 0 unspecified atom stereocenters. The highest BCUT2D eigenvalue weighted by atomic mass is 16.5. The van der Waals surface area contributed by atoms with Crippen LogP contribution in [0.25, 0.3) is 0 Å². The SMILES string of the molecule is Nc1cc(OCCCCCC(=O)O)ccc1Cc1ccccc1. The average molecular weight is 313 g/mol. The molecule has 23 heavy (non-hydrogen) atoms. The Morgan fingerprint density at radius 3 is 2.52 bits per heavy atom. The average Bonchev–Trinajstić information content (AvgIpc) is 2.54. The monoisotopic (exact) mass is 313 g/mol. The molecule has 4 heteroatoms. The summed E-state index contributed by atoms with van der Waals surface area (Å²) >= 11 is 0. The number of anilines is 1. The summed E-state index contributed by atoms with van der Waals surface area (Å²) in [4.78, 5) is 10.4. The van der Waals surface area contributed by atoms with Crippen LogP contribution in [0.15, 0.2) is 48.5 Å². The lowest BCUT2D eigenvalue weighted by Crippen LogP contribution is -2.01. The maximum atomic E-state index is 10.4. The van der Waals surface area contributed by atoms with Crippen LogP contribution in [0.3, 0.4) is 0 Å². The lowest BCUT2D eigenvalue weighted by atomic mass is 10.0. The fourth-order valence-electron chi connectivity index (χ4n) is 2.38. The van der Waals surface area contributed by atoms with Gasteiger partial charge in [0.05, 0.1) is 6.61 Å². The van der Waals surface area contributed by atoms with Crippen molar-refractivity contribution in [2.24, 2.45) is 0 Å². The van der Waals surface area contributed by atoms with Gasteiger partial charge in [-0.25, -0.2) is 0 Å². The van der Waals surface area contributed by atoms with Crippen molar-refractivity contribution in [3.63, 3.8) is 0 Å². The number of aliphatic carboxylic acids is 1. The van der Waals surface area contributed by atoms with Crippen molar-refractivity contribution in [3.05, 3.63) is 59.7 Å². The number of nitrogens with two attached hydrogens (primary N) is 1. The first-order valence-electron chi connectivity index (χ1n) is 7.92. The fourth-order valence-corrected chi connectivity index (χ4v) is 2.38. The van der Waals surface area contributed by atoms with E-state index >= 15 is 0 Å². The molecule has 2 aromatic rings. The molecule has 0 saturated carbocycles. The fraction of sp³-hybridized carbons (Fsp3) is 0.316. The van der Waals surface area contributed by atoms with E-state index in [4.69, 9.17) is 15.6 Å². The van der Waals surface area contributed by atoms with Crippen molar-refractivity contribution < 1.29 is 14.6 Å². The van der Waals surface area contributed by atoms with E-state index in [-0.39, 0.29) is 6.42 Å². The molecular weight excluding hydrogens is 290 g/mol. The third-order valence-electron chi connectivity index (χ3n) is 3.66. The molecule has 0 amide bonds. The second-order valence-electron chi connectivity index (χ2n) is 5.58. The summed E-state index contributed by atoms with van der Waals surface area (Å²) in [5.74, 6) is 0.0187. The molecule has 0 spiro atoms. The van der Waals surface area contributed by atoms with Crippen molar-refractivity contribution >= 4 is 11.7 Å². The summed E-state index contributed by atoms with van der Waals surface area (Å²) in [5, 5.41) is 8.57. The Morgan fingerprint density at radius 1 is 1.04 bits per heavy atom. The number of carboxylic acid groups (broad SMARTS) is 1. The molecule has 0 aliphatic heterocycles. The number of rotatable bonds is 9. The highest BCUT2D eigenvalue weighted by molar-refractivity contribution is 5.66. The Labute approximate surface area is 136 Å². The largest absolute Gasteiger partial charge is 0.494 e. The van der Waals surface area contributed by atoms with Gasteiger partial charge < -0.3 is 15.6 Å². The second-order valence-corrected chi connectivity index (χ2v) is 5.58. The van der Waals surface area contributed by atoms with Gasteiger partial charge in [0.2, 0.25) is 0 Å². The quantitative estimate of drug-likeness (QED) is 0.544. The third-order valence-corrected chi connectivity index (χ3v) is 3.66. The van der Waals surface area contributed by atoms with Crippen molar-refractivity contribution in [3.8, 4) is 5.75 Å². The number of hydrogen-bond acceptors (Lipinski definition) is 3. The van der Waals surface area contributed by atoms with Crippen LogP contribution in [0.5, 0.6) is 5.75 Å². The molecule has 0 atom stereocenters. The Morgan fingerprint density at radius 2 is 1.83 bits per heavy atom. The first kappa shape index (κ1) is 16.9. The number of nitrogen functional groups attached to an aromatic ring is 1. The summed E-state index contributed by atoms with van der Waals surface area (Å²) in [5.41, 5.74) is 9.16. The van der Waals surface area contributed by atoms with Gasteiger partial charge >= 0.3 is 5.97 Å². The first-order valence-corrected chi connectivity index (χ1v) is 7.92.